The molecule has 0 radical (unpaired) electrons. The van der Waals surface area contributed by atoms with Gasteiger partial charge in [0.15, 0.2) is 0 Å². The summed E-state index contributed by atoms with van der Waals surface area (Å²) in [5, 5.41) is 5.92. The van der Waals surface area contributed by atoms with E-state index in [9.17, 15) is 14.4 Å². The van der Waals surface area contributed by atoms with Gasteiger partial charge < -0.3 is 20.3 Å². The van der Waals surface area contributed by atoms with Gasteiger partial charge in [-0.3, -0.25) is 9.59 Å². The van der Waals surface area contributed by atoms with Gasteiger partial charge in [0.1, 0.15) is 17.7 Å². The smallest absolute Gasteiger partial charge is 0.408 e. The van der Waals surface area contributed by atoms with E-state index in [1.54, 1.807) is 25.7 Å². The lowest BCUT2D eigenvalue weighted by atomic mass is 9.97. The van der Waals surface area contributed by atoms with E-state index in [0.29, 0.717) is 18.7 Å². The van der Waals surface area contributed by atoms with E-state index in [-0.39, 0.29) is 17.7 Å². The molecule has 0 saturated carbocycles. The van der Waals surface area contributed by atoms with Crippen molar-refractivity contribution in [2.75, 3.05) is 11.9 Å². The van der Waals surface area contributed by atoms with Crippen molar-refractivity contribution in [1.29, 1.82) is 0 Å². The van der Waals surface area contributed by atoms with Crippen LogP contribution in [0.2, 0.25) is 0 Å². The molecule has 0 spiro atoms. The monoisotopic (exact) mass is 579 g/mol. The van der Waals surface area contributed by atoms with Crippen molar-refractivity contribution < 1.29 is 19.1 Å². The Labute approximate surface area is 253 Å². The van der Waals surface area contributed by atoms with E-state index in [0.717, 1.165) is 55.2 Å². The number of hydrogen-bond acceptors (Lipinski definition) is 4. The minimum atomic E-state index is -0.871. The lowest BCUT2D eigenvalue weighted by Crippen LogP contribution is -2.53. The first kappa shape index (κ1) is 34.8. The number of unbranched alkanes of at least 4 members (excludes halogenated alkanes) is 4. The molecule has 2 unspecified atom stereocenters. The van der Waals surface area contributed by atoms with E-state index in [2.05, 4.69) is 24.5 Å². The van der Waals surface area contributed by atoms with Gasteiger partial charge in [-0.2, -0.15) is 0 Å². The summed E-state index contributed by atoms with van der Waals surface area (Å²) in [6, 6.07) is 13.8. The van der Waals surface area contributed by atoms with Crippen molar-refractivity contribution in [3.05, 3.63) is 65.2 Å². The highest BCUT2D eigenvalue weighted by Crippen LogP contribution is 2.27. The minimum Gasteiger partial charge on any atom is -0.444 e. The van der Waals surface area contributed by atoms with E-state index in [4.69, 9.17) is 4.74 Å². The molecule has 0 aliphatic heterocycles. The summed E-state index contributed by atoms with van der Waals surface area (Å²) in [6.07, 6.45) is 5.67. The fourth-order valence-electron chi connectivity index (χ4n) is 4.92. The molecule has 2 atom stereocenters. The topological polar surface area (TPSA) is 87.7 Å². The van der Waals surface area contributed by atoms with Crippen LogP contribution in [0.1, 0.15) is 110 Å². The zero-order valence-electron chi connectivity index (χ0n) is 27.1. The summed E-state index contributed by atoms with van der Waals surface area (Å²) in [5.74, 6) is -0.436. The molecule has 0 bridgehead atoms. The standard InChI is InChI=1S/C35H53N3O4/c1-9-11-12-13-16-23-38(33(40)30(24-25(3)4)37-34(41)42-35(6,7)8)31(28-21-19-27(10-2)20-22-28)32(39)36-29-18-15-14-17-26(29)5/h14-15,17-22,25,30-31H,9-13,16,23-24H2,1-8H3,(H,36,39)(H,37,41). The SMILES string of the molecule is CCCCCCCN(C(=O)C(CC(C)C)NC(=O)OC(C)(C)C)C(C(=O)Nc1ccccc1C)c1ccc(CC)cc1. The van der Waals surface area contributed by atoms with Crippen molar-refractivity contribution in [2.24, 2.45) is 5.92 Å². The van der Waals surface area contributed by atoms with Crippen LogP contribution < -0.4 is 10.6 Å². The Balaban J connectivity index is 2.55. The molecule has 3 amide bonds. The molecule has 7 nitrogen and oxygen atoms in total. The van der Waals surface area contributed by atoms with Gasteiger partial charge in [0.25, 0.3) is 5.91 Å². The van der Waals surface area contributed by atoms with Gasteiger partial charge in [0.2, 0.25) is 5.91 Å². The number of nitrogens with one attached hydrogen (secondary N) is 2. The normalized spacial score (nSPS) is 12.9. The molecular weight excluding hydrogens is 526 g/mol. The number of ether oxygens (including phenoxy) is 1. The van der Waals surface area contributed by atoms with E-state index in [1.165, 1.54) is 0 Å². The second-order valence-corrected chi connectivity index (χ2v) is 12.6. The average molecular weight is 580 g/mol. The van der Waals surface area contributed by atoms with E-state index >= 15 is 0 Å². The summed E-state index contributed by atoms with van der Waals surface area (Å²) in [5.41, 5.74) is 2.83. The van der Waals surface area contributed by atoms with Gasteiger partial charge in [0.05, 0.1) is 0 Å². The maximum Gasteiger partial charge on any atom is 0.408 e. The quantitative estimate of drug-likeness (QED) is 0.209. The van der Waals surface area contributed by atoms with Crippen LogP contribution in [0.15, 0.2) is 48.5 Å². The number of alkyl carbamates (subject to hydrolysis) is 1. The zero-order chi connectivity index (χ0) is 31.3. The number of benzene rings is 2. The number of hydrogen-bond donors (Lipinski definition) is 2. The fraction of sp³-hybridized carbons (Fsp3) is 0.571. The third-order valence-corrected chi connectivity index (χ3v) is 7.15. The van der Waals surface area contributed by atoms with Gasteiger partial charge in [0, 0.05) is 12.2 Å². The second-order valence-electron chi connectivity index (χ2n) is 12.6. The zero-order valence-corrected chi connectivity index (χ0v) is 27.1. The van der Waals surface area contributed by atoms with Crippen LogP contribution in [0.5, 0.6) is 0 Å². The summed E-state index contributed by atoms with van der Waals surface area (Å²) < 4.78 is 5.52. The lowest BCUT2D eigenvalue weighted by molar-refractivity contribution is -0.141. The lowest BCUT2D eigenvalue weighted by Gasteiger charge is -2.35. The first-order chi connectivity index (χ1) is 19.9. The molecule has 7 heteroatoms. The van der Waals surface area contributed by atoms with Gasteiger partial charge in [-0.25, -0.2) is 4.79 Å². The second kappa shape index (κ2) is 16.9. The Morgan fingerprint density at radius 3 is 2.12 bits per heavy atom. The third-order valence-electron chi connectivity index (χ3n) is 7.15. The van der Waals surface area contributed by atoms with Gasteiger partial charge in [-0.15, -0.1) is 0 Å². The molecule has 2 aromatic carbocycles. The molecule has 0 aromatic heterocycles. The molecule has 0 heterocycles. The van der Waals surface area contributed by atoms with Gasteiger partial charge in [-0.1, -0.05) is 95.8 Å². The first-order valence-corrected chi connectivity index (χ1v) is 15.6. The number of carbonyl (C=O) groups is 3. The predicted molar refractivity (Wildman–Crippen MR) is 171 cm³/mol. The molecule has 232 valence electrons. The Morgan fingerprint density at radius 1 is 0.905 bits per heavy atom. The summed E-state index contributed by atoms with van der Waals surface area (Å²) in [4.78, 5) is 43.1. The van der Waals surface area contributed by atoms with Crippen LogP contribution in [0.3, 0.4) is 0 Å². The number of aryl methyl sites for hydroxylation is 2. The van der Waals surface area contributed by atoms with Crippen LogP contribution in [0.4, 0.5) is 10.5 Å². The fourth-order valence-corrected chi connectivity index (χ4v) is 4.92. The molecule has 0 fully saturated rings. The van der Waals surface area contributed by atoms with Crippen molar-refractivity contribution in [3.8, 4) is 0 Å². The predicted octanol–water partition coefficient (Wildman–Crippen LogP) is 7.98. The van der Waals surface area contributed by atoms with Crippen molar-refractivity contribution in [1.82, 2.24) is 10.2 Å². The number of anilines is 1. The van der Waals surface area contributed by atoms with Crippen molar-refractivity contribution in [2.45, 2.75) is 118 Å². The molecule has 42 heavy (non-hydrogen) atoms. The van der Waals surface area contributed by atoms with Crippen LogP contribution in [0, 0.1) is 12.8 Å². The highest BCUT2D eigenvalue weighted by molar-refractivity contribution is 5.99. The van der Waals surface area contributed by atoms with Crippen LogP contribution >= 0.6 is 0 Å². The summed E-state index contributed by atoms with van der Waals surface area (Å²) >= 11 is 0. The maximum absolute atomic E-state index is 14.4. The van der Waals surface area contributed by atoms with E-state index in [1.807, 2.05) is 69.3 Å². The minimum absolute atomic E-state index is 0.128. The maximum atomic E-state index is 14.4. The van der Waals surface area contributed by atoms with Gasteiger partial charge >= 0.3 is 6.09 Å². The third kappa shape index (κ3) is 11.5. The average Bonchev–Trinajstić information content (AvgIpc) is 2.91. The number of carbonyl (C=O) groups excluding carboxylic acids is 3. The number of nitrogens with zero attached hydrogens (tertiary/aromatic N) is 1. The molecule has 2 N–H and O–H groups in total. The van der Waals surface area contributed by atoms with Crippen LogP contribution in [-0.2, 0) is 20.7 Å². The van der Waals surface area contributed by atoms with Gasteiger partial charge in [-0.05, 0) is 75.6 Å². The van der Waals surface area contributed by atoms with Crippen molar-refractivity contribution in [3.63, 3.8) is 0 Å². The molecule has 0 aliphatic carbocycles. The van der Waals surface area contributed by atoms with Crippen LogP contribution in [-0.4, -0.2) is 41.0 Å². The molecule has 0 aliphatic rings. The Hall–Kier alpha value is -3.35. The molecular formula is C35H53N3O4. The summed E-state index contributed by atoms with van der Waals surface area (Å²) in [7, 11) is 0. The summed E-state index contributed by atoms with van der Waals surface area (Å²) in [6.45, 7) is 16.0. The number of para-hydroxylation sites is 1. The highest BCUT2D eigenvalue weighted by Gasteiger charge is 2.36. The van der Waals surface area contributed by atoms with Crippen LogP contribution in [0.25, 0.3) is 0 Å². The van der Waals surface area contributed by atoms with Crippen molar-refractivity contribution >= 4 is 23.6 Å². The Morgan fingerprint density at radius 2 is 1.55 bits per heavy atom. The molecule has 2 aromatic rings. The Kier molecular flexibility index (Phi) is 14.1. The molecule has 0 saturated heterocycles. The molecule has 2 rings (SSSR count). The Bertz CT molecular complexity index is 1140. The first-order valence-electron chi connectivity index (χ1n) is 15.6. The highest BCUT2D eigenvalue weighted by atomic mass is 16.6. The van der Waals surface area contributed by atoms with E-state index < -0.39 is 23.8 Å². The largest absolute Gasteiger partial charge is 0.444 e. The number of rotatable bonds is 15. The number of amides is 3.